The zero-order valence-corrected chi connectivity index (χ0v) is 86.6. The minimum absolute atomic E-state index is 0.0102. The Morgan fingerprint density at radius 3 is 0.548 bits per heavy atom. The molecule has 146 heavy (non-hydrogen) atoms. The predicted molar refractivity (Wildman–Crippen MR) is 529 cm³/mol. The summed E-state index contributed by atoms with van der Waals surface area (Å²) < 4.78 is 38.7. The van der Waals surface area contributed by atoms with Crippen molar-refractivity contribution >= 4 is 142 Å². The molecule has 10 aliphatic rings. The highest BCUT2D eigenvalue weighted by Crippen LogP contribution is 2.35. The number of nitrogens with zero attached hydrogens (tertiary/aromatic N) is 8. The van der Waals surface area contributed by atoms with E-state index in [1.807, 2.05) is 0 Å². The van der Waals surface area contributed by atoms with Gasteiger partial charge >= 0.3 is 47.8 Å². The summed E-state index contributed by atoms with van der Waals surface area (Å²) in [5.74, 6) is -7.77. The van der Waals surface area contributed by atoms with Crippen LogP contribution in [0.1, 0.15) is 226 Å². The molecule has 0 spiro atoms. The van der Waals surface area contributed by atoms with Crippen molar-refractivity contribution in [3.63, 3.8) is 0 Å². The van der Waals surface area contributed by atoms with Crippen molar-refractivity contribution < 1.29 is 153 Å². The highest BCUT2D eigenvalue weighted by atomic mass is 16.6. The van der Waals surface area contributed by atoms with Gasteiger partial charge in [0.05, 0.1) is 52.6 Å². The molecule has 0 fully saturated rings. The molecule has 0 N–H and O–H groups in total. The van der Waals surface area contributed by atoms with Gasteiger partial charge in [0.2, 0.25) is 0 Å². The largest absolute Gasteiger partial charge is 0.463 e. The first-order valence-electron chi connectivity index (χ1n) is 47.6. The van der Waals surface area contributed by atoms with Crippen molar-refractivity contribution in [2.24, 2.45) is 0 Å². The van der Waals surface area contributed by atoms with Crippen LogP contribution in [0.15, 0.2) is 188 Å². The van der Waals surface area contributed by atoms with Gasteiger partial charge in [0.1, 0.15) is 26.4 Å². The second-order valence-electron chi connectivity index (χ2n) is 34.6. The van der Waals surface area contributed by atoms with E-state index in [0.717, 1.165) is 111 Å². The van der Waals surface area contributed by atoms with Gasteiger partial charge in [0, 0.05) is 162 Å². The second kappa shape index (κ2) is 61.6. The number of hydrogen-bond donors (Lipinski definition) is 0. The van der Waals surface area contributed by atoms with Gasteiger partial charge in [-0.1, -0.05) is 65.5 Å². The Balaban J connectivity index is 0.000000429. The van der Waals surface area contributed by atoms with Gasteiger partial charge in [-0.05, 0) is 214 Å². The van der Waals surface area contributed by atoms with Crippen LogP contribution >= 0.6 is 0 Å². The Kier molecular flexibility index (Phi) is 52.7. The molecule has 792 valence electrons. The lowest BCUT2D eigenvalue weighted by atomic mass is 9.93. The zero-order chi connectivity index (χ0) is 111. The van der Waals surface area contributed by atoms with Crippen LogP contribution in [0, 0.1) is 0 Å². The van der Waals surface area contributed by atoms with Gasteiger partial charge in [-0.2, -0.15) is 0 Å². The molecule has 0 saturated carbocycles. The Morgan fingerprint density at radius 1 is 0.205 bits per heavy atom. The predicted octanol–water partition coefficient (Wildman–Crippen LogP) is 9.90. The number of rotatable bonds is 42. The molecule has 2 aliphatic carbocycles. The zero-order valence-electron chi connectivity index (χ0n) is 86.6. The van der Waals surface area contributed by atoms with Crippen molar-refractivity contribution in [3.8, 4) is 0 Å². The number of esters is 8. The molecule has 16 amide bonds. The maximum absolute atomic E-state index is 12.0. The summed E-state index contributed by atoms with van der Waals surface area (Å²) in [5.41, 5.74) is 9.85. The van der Waals surface area contributed by atoms with Crippen LogP contribution in [0.4, 0.5) is 0 Å². The molecule has 0 bridgehead atoms. The van der Waals surface area contributed by atoms with E-state index in [-0.39, 0.29) is 185 Å². The van der Waals surface area contributed by atoms with Crippen LogP contribution < -0.4 is 0 Å². The monoisotopic (exact) mass is 2030 g/mol. The average Bonchev–Trinajstić information content (AvgIpc) is 1.63. The maximum Gasteiger partial charge on any atom is 0.333 e. The number of hydrogen-bond acceptors (Lipinski definition) is 32. The third kappa shape index (κ3) is 36.2. The van der Waals surface area contributed by atoms with Gasteiger partial charge in [-0.3, -0.25) is 116 Å². The normalized spacial score (nSPS) is 16.2. The fraction of sp³-hybridized carbons (Fsp3) is 0.472. The number of unbranched alkanes of at least 4 members (excludes halogenated alkanes) is 6. The van der Waals surface area contributed by atoms with Crippen molar-refractivity contribution in [2.75, 3.05) is 105 Å². The van der Waals surface area contributed by atoms with E-state index in [4.69, 9.17) is 37.9 Å². The Hall–Kier alpha value is -15.3. The van der Waals surface area contributed by atoms with Crippen molar-refractivity contribution in [1.29, 1.82) is 0 Å². The van der Waals surface area contributed by atoms with Crippen LogP contribution in [-0.4, -0.2) is 287 Å². The molecule has 8 heterocycles. The molecular formula is C106H136N8O32. The van der Waals surface area contributed by atoms with Gasteiger partial charge in [0.15, 0.2) is 0 Å². The third-order valence-electron chi connectivity index (χ3n) is 23.9. The van der Waals surface area contributed by atoms with Crippen molar-refractivity contribution in [1.82, 2.24) is 39.2 Å². The fourth-order valence-electron chi connectivity index (χ4n) is 14.4. The topological polar surface area (TPSA) is 509 Å². The number of carbonyl (C=O) groups excluding carboxylic acids is 24. The summed E-state index contributed by atoms with van der Waals surface area (Å²) in [5, 5.41) is 0. The van der Waals surface area contributed by atoms with E-state index >= 15 is 0 Å². The Labute approximate surface area is 850 Å². The first-order valence-corrected chi connectivity index (χ1v) is 47.6. The highest BCUT2D eigenvalue weighted by molar-refractivity contribution is 6.24. The Bertz CT molecular complexity index is 5370. The quantitative estimate of drug-likeness (QED) is 0.0180. The molecule has 40 heteroatoms. The molecule has 0 aromatic rings. The first kappa shape index (κ1) is 125. The standard InChI is InChI=1S/C16H23NO4.C15H21NO4.C14H17NO4.C13H15NO4.C13H17NO4.2C12H15NO4.C11H13NO4/c1-11(2)16(20)21-10-8-6-5-7-9-17-14(18)12(3)13(4)15(17)19;1-4-13(17)20-10-8-6-5-7-9-16-14(18)11(2)12(3)15(16)19;1-9(2)14(18)19-8-7-15-12(16)10-5-3-4-6-11(10)13(15)17;1-2-11(15)18-8-7-14-12(16)9-5-3-4-6-10(9)13(14)17;1-8(2)13(17)18-7-5-6-14-11(15)9(3)10(4)12(14)16;1-7(2)12(16)17-6-5-13-10(14)8(3)9(4)11(13)15;1-4-10(14)17-7-5-6-13-11(15)8(2)9(3)12(13)16;1-4-9(13)16-6-5-12-10(14)7(2)8(3)11(12)15/h1,5-10H2,2-4H3;4H,1,5-10H2,2-3H3;1,3-8H2,2H3;2H,1,3-8H2;1,5-7H2,2-4H3;1,5-6H2,2-4H3;4H,1,5-7H2,2-3H3;4H,1,5-6H2,2-3H3. The third-order valence-corrected chi connectivity index (χ3v) is 23.9. The van der Waals surface area contributed by atoms with E-state index < -0.39 is 41.8 Å². The first-order chi connectivity index (χ1) is 68.7. The minimum atomic E-state index is -0.569. The molecule has 0 aromatic carbocycles. The second-order valence-corrected chi connectivity index (χ2v) is 34.6. The minimum Gasteiger partial charge on any atom is -0.463 e. The molecular weight excluding hydrogens is 1900 g/mol. The van der Waals surface area contributed by atoms with Crippen molar-refractivity contribution in [2.45, 2.75) is 226 Å². The average molecular weight is 2030 g/mol. The van der Waals surface area contributed by atoms with Gasteiger partial charge in [0.25, 0.3) is 94.5 Å². The van der Waals surface area contributed by atoms with E-state index in [9.17, 15) is 115 Å². The lowest BCUT2D eigenvalue weighted by molar-refractivity contribution is -0.144. The highest BCUT2D eigenvalue weighted by Gasteiger charge is 2.43. The SMILES string of the molecule is C=C(C)C(=O)OCCCCCCN1C(=O)C(C)=C(C)C1=O.C=C(C)C(=O)OCCCN1C(=O)C(C)=C(C)C1=O.C=C(C)C(=O)OCCN1C(=O)C(C)=C(C)C1=O.C=C(C)C(=O)OCCN1C(=O)C2=C(CCCC2)C1=O.C=CC(=O)OCCCCCCN1C(=O)C(C)=C(C)C1=O.C=CC(=O)OCCCN1C(=O)C(C)=C(C)C1=O.C=CC(=O)OCCN1C(=O)C(C)=C(C)C1=O.C=CC(=O)OCCN1C(=O)C2=C(CCCC2)C1=O. The number of amides is 16. The molecule has 0 aromatic heterocycles. The lowest BCUT2D eigenvalue weighted by Crippen LogP contribution is -2.35. The number of imide groups is 8. The summed E-state index contributed by atoms with van der Waals surface area (Å²) in [6.45, 7) is 55.8. The number of ether oxygens (including phenoxy) is 8. The van der Waals surface area contributed by atoms with Gasteiger partial charge in [-0.25, -0.2) is 38.4 Å². The summed E-state index contributed by atoms with van der Waals surface area (Å²) in [6, 6.07) is 0. The van der Waals surface area contributed by atoms with Crippen LogP contribution in [0.5, 0.6) is 0 Å². The summed E-state index contributed by atoms with van der Waals surface area (Å²) in [7, 11) is 0. The van der Waals surface area contributed by atoms with Gasteiger partial charge in [-0.15, -0.1) is 0 Å². The maximum atomic E-state index is 12.0. The smallest absolute Gasteiger partial charge is 0.333 e. The molecule has 40 nitrogen and oxygen atoms in total. The van der Waals surface area contributed by atoms with E-state index in [0.29, 0.717) is 171 Å². The molecule has 0 saturated heterocycles. The van der Waals surface area contributed by atoms with Crippen molar-refractivity contribution in [3.05, 3.63) is 188 Å². The van der Waals surface area contributed by atoms with Crippen LogP contribution in [-0.2, 0) is 153 Å². The van der Waals surface area contributed by atoms with Crippen LogP contribution in [0.2, 0.25) is 0 Å². The number of carbonyl (C=O) groups is 24. The van der Waals surface area contributed by atoms with E-state index in [1.54, 1.807) is 104 Å². The summed E-state index contributed by atoms with van der Waals surface area (Å²) in [6.07, 6.45) is 18.4. The fourth-order valence-corrected chi connectivity index (χ4v) is 14.4. The van der Waals surface area contributed by atoms with E-state index in [1.165, 1.54) is 36.3 Å². The summed E-state index contributed by atoms with van der Waals surface area (Å²) >= 11 is 0. The molecule has 8 aliphatic heterocycles. The van der Waals surface area contributed by atoms with Crippen LogP contribution in [0.3, 0.4) is 0 Å². The Morgan fingerprint density at radius 2 is 0.349 bits per heavy atom. The molecule has 0 radical (unpaired) electrons. The molecule has 0 unspecified atom stereocenters. The molecule has 10 rings (SSSR count). The van der Waals surface area contributed by atoms with Crippen LogP contribution in [0.25, 0.3) is 0 Å². The molecule has 0 atom stereocenters. The van der Waals surface area contributed by atoms with Gasteiger partial charge < -0.3 is 37.9 Å². The van der Waals surface area contributed by atoms with E-state index in [2.05, 4.69) is 52.6 Å². The summed E-state index contributed by atoms with van der Waals surface area (Å²) in [4.78, 5) is 285. The lowest BCUT2D eigenvalue weighted by Gasteiger charge is -2.14.